The molecule has 1 saturated heterocycles. The lowest BCUT2D eigenvalue weighted by molar-refractivity contribution is 0.0647. The lowest BCUT2D eigenvalue weighted by atomic mass is 9.98. The Morgan fingerprint density at radius 1 is 1.23 bits per heavy atom. The van der Waals surface area contributed by atoms with Crippen molar-refractivity contribution in [2.45, 2.75) is 51.3 Å². The molecule has 0 spiro atoms. The summed E-state index contributed by atoms with van der Waals surface area (Å²) in [6.07, 6.45) is 0.972. The maximum absolute atomic E-state index is 13.2. The summed E-state index contributed by atoms with van der Waals surface area (Å²) >= 11 is 0. The van der Waals surface area contributed by atoms with Gasteiger partial charge < -0.3 is 14.8 Å². The number of aliphatic hydroxyl groups excluding tert-OH is 1. The highest BCUT2D eigenvalue weighted by Gasteiger charge is 2.34. The second-order valence-electron chi connectivity index (χ2n) is 8.80. The Labute approximate surface area is 174 Å². The third kappa shape index (κ3) is 3.82. The Kier molecular flexibility index (Phi) is 5.33. The predicted octanol–water partition coefficient (Wildman–Crippen LogP) is 1.82. The van der Waals surface area contributed by atoms with E-state index >= 15 is 0 Å². The number of hydrogen-bond acceptors (Lipinski definition) is 7. The molecule has 0 amide bonds. The van der Waals surface area contributed by atoms with Gasteiger partial charge in [0.1, 0.15) is 11.8 Å². The van der Waals surface area contributed by atoms with Crippen molar-refractivity contribution in [2.75, 3.05) is 20.2 Å². The molecule has 0 radical (unpaired) electrons. The van der Waals surface area contributed by atoms with Crippen LogP contribution in [0.2, 0.25) is 0 Å². The zero-order valence-corrected chi connectivity index (χ0v) is 17.8. The van der Waals surface area contributed by atoms with Gasteiger partial charge in [-0.1, -0.05) is 0 Å². The van der Waals surface area contributed by atoms with Gasteiger partial charge in [0.05, 0.1) is 18.8 Å². The zero-order valence-electron chi connectivity index (χ0n) is 17.8. The van der Waals surface area contributed by atoms with E-state index in [1.165, 1.54) is 0 Å². The number of nitrogens with one attached hydrogen (secondary N) is 1. The summed E-state index contributed by atoms with van der Waals surface area (Å²) in [5, 5.41) is 23.3. The Morgan fingerprint density at radius 3 is 2.63 bits per heavy atom. The van der Waals surface area contributed by atoms with Crippen molar-refractivity contribution in [1.29, 1.82) is 0 Å². The molecule has 1 aliphatic rings. The van der Waals surface area contributed by atoms with Gasteiger partial charge >= 0.3 is 0 Å². The number of rotatable bonds is 4. The van der Waals surface area contributed by atoms with E-state index in [1.807, 2.05) is 45.0 Å². The maximum Gasteiger partial charge on any atom is 0.253 e. The van der Waals surface area contributed by atoms with E-state index < -0.39 is 6.04 Å². The number of hydrogen-bond donors (Lipinski definition) is 2. The number of pyridine rings is 1. The van der Waals surface area contributed by atoms with Crippen LogP contribution < -0.4 is 10.3 Å². The first-order valence-corrected chi connectivity index (χ1v) is 10.2. The van der Waals surface area contributed by atoms with Gasteiger partial charge in [-0.25, -0.2) is 4.68 Å². The number of aromatic nitrogens is 5. The predicted molar refractivity (Wildman–Crippen MR) is 113 cm³/mol. The van der Waals surface area contributed by atoms with E-state index in [-0.39, 0.29) is 17.2 Å². The minimum Gasteiger partial charge on any atom is -0.497 e. The number of methoxy groups -OCH3 is 1. The molecule has 2 aromatic heterocycles. The number of H-pyrrole nitrogens is 1. The average Bonchev–Trinajstić information content (AvgIpc) is 3.19. The first kappa shape index (κ1) is 20.5. The molecule has 2 N–H and O–H groups in total. The molecule has 9 heteroatoms. The molecule has 1 fully saturated rings. The maximum atomic E-state index is 13.2. The number of benzene rings is 1. The van der Waals surface area contributed by atoms with Gasteiger partial charge in [0.15, 0.2) is 5.82 Å². The summed E-state index contributed by atoms with van der Waals surface area (Å²) in [5.41, 5.74) is 0.798. The fourth-order valence-corrected chi connectivity index (χ4v) is 4.02. The third-order valence-corrected chi connectivity index (χ3v) is 5.61. The SMILES string of the molecule is COc1ccc2[nH]c(=O)c([C@H](c3nnnn3C(C)(C)C)N3CCC(O)CC3)cc2c1. The van der Waals surface area contributed by atoms with Crippen LogP contribution in [-0.4, -0.2) is 61.5 Å². The fourth-order valence-electron chi connectivity index (χ4n) is 4.02. The zero-order chi connectivity index (χ0) is 21.5. The molecule has 1 aliphatic heterocycles. The smallest absolute Gasteiger partial charge is 0.253 e. The van der Waals surface area contributed by atoms with Gasteiger partial charge in [0, 0.05) is 29.6 Å². The van der Waals surface area contributed by atoms with Crippen molar-refractivity contribution in [3.05, 3.63) is 46.0 Å². The molecule has 3 heterocycles. The molecular weight excluding hydrogens is 384 g/mol. The number of nitrogens with zero attached hydrogens (tertiary/aromatic N) is 5. The highest BCUT2D eigenvalue weighted by molar-refractivity contribution is 5.80. The van der Waals surface area contributed by atoms with Gasteiger partial charge in [0.25, 0.3) is 5.56 Å². The summed E-state index contributed by atoms with van der Waals surface area (Å²) < 4.78 is 7.13. The summed E-state index contributed by atoms with van der Waals surface area (Å²) in [4.78, 5) is 18.3. The van der Waals surface area contributed by atoms with E-state index in [1.54, 1.807) is 11.8 Å². The Morgan fingerprint density at radius 2 is 1.97 bits per heavy atom. The number of aliphatic hydroxyl groups is 1. The summed E-state index contributed by atoms with van der Waals surface area (Å²) in [5.74, 6) is 1.34. The fraction of sp³-hybridized carbons (Fsp3) is 0.524. The topological polar surface area (TPSA) is 109 Å². The first-order valence-electron chi connectivity index (χ1n) is 10.2. The van der Waals surface area contributed by atoms with Crippen LogP contribution in [-0.2, 0) is 5.54 Å². The van der Waals surface area contributed by atoms with E-state index in [9.17, 15) is 9.90 Å². The highest BCUT2D eigenvalue weighted by atomic mass is 16.5. The summed E-state index contributed by atoms with van der Waals surface area (Å²) in [7, 11) is 1.62. The molecule has 30 heavy (non-hydrogen) atoms. The van der Waals surface area contributed by atoms with Crippen molar-refractivity contribution in [2.24, 2.45) is 0 Å². The second-order valence-corrected chi connectivity index (χ2v) is 8.80. The van der Waals surface area contributed by atoms with Gasteiger partial charge in [0.2, 0.25) is 0 Å². The van der Waals surface area contributed by atoms with Crippen molar-refractivity contribution in [3.63, 3.8) is 0 Å². The van der Waals surface area contributed by atoms with Gasteiger partial charge in [-0.2, -0.15) is 0 Å². The Hall–Kier alpha value is -2.78. The highest BCUT2D eigenvalue weighted by Crippen LogP contribution is 2.31. The molecule has 0 saturated carbocycles. The standard InChI is InChI=1S/C21H28N6O3/c1-21(2,3)27-19(23-24-25-27)18(26-9-7-14(28)8-10-26)16-12-13-11-15(30-4)5-6-17(13)22-20(16)29/h5-6,11-12,14,18,28H,7-10H2,1-4H3,(H,22,29)/t18-/m1/s1. The molecule has 0 unspecified atom stereocenters. The van der Waals surface area contributed by atoms with E-state index in [2.05, 4.69) is 25.4 Å². The van der Waals surface area contributed by atoms with Crippen molar-refractivity contribution in [1.82, 2.24) is 30.1 Å². The minimum atomic E-state index is -0.425. The van der Waals surface area contributed by atoms with E-state index in [0.29, 0.717) is 37.3 Å². The van der Waals surface area contributed by atoms with Crippen LogP contribution in [0.15, 0.2) is 29.1 Å². The lowest BCUT2D eigenvalue weighted by Gasteiger charge is -2.36. The first-order chi connectivity index (χ1) is 14.3. The number of tetrazole rings is 1. The minimum absolute atomic E-state index is 0.174. The second kappa shape index (κ2) is 7.81. The average molecular weight is 412 g/mol. The van der Waals surface area contributed by atoms with Crippen LogP contribution in [0.5, 0.6) is 5.75 Å². The molecule has 1 aromatic carbocycles. The number of piperidine rings is 1. The van der Waals surface area contributed by atoms with Crippen molar-refractivity contribution < 1.29 is 9.84 Å². The molecule has 0 bridgehead atoms. The Bertz CT molecular complexity index is 1090. The van der Waals surface area contributed by atoms with Crippen LogP contribution in [0.4, 0.5) is 0 Å². The number of ether oxygens (including phenoxy) is 1. The number of likely N-dealkylation sites (tertiary alicyclic amines) is 1. The normalized spacial score (nSPS) is 17.4. The molecular formula is C21H28N6O3. The van der Waals surface area contributed by atoms with Crippen LogP contribution in [0.25, 0.3) is 10.9 Å². The van der Waals surface area contributed by atoms with Gasteiger partial charge in [-0.15, -0.1) is 5.10 Å². The quantitative estimate of drug-likeness (QED) is 0.673. The van der Waals surface area contributed by atoms with Gasteiger partial charge in [-0.3, -0.25) is 9.69 Å². The largest absolute Gasteiger partial charge is 0.497 e. The molecule has 9 nitrogen and oxygen atoms in total. The van der Waals surface area contributed by atoms with Crippen LogP contribution in [0, 0.1) is 0 Å². The molecule has 1 atom stereocenters. The van der Waals surface area contributed by atoms with Crippen LogP contribution >= 0.6 is 0 Å². The molecule has 0 aliphatic carbocycles. The van der Waals surface area contributed by atoms with Crippen LogP contribution in [0.1, 0.15) is 51.0 Å². The monoisotopic (exact) mass is 412 g/mol. The third-order valence-electron chi connectivity index (χ3n) is 5.61. The van der Waals surface area contributed by atoms with Crippen molar-refractivity contribution in [3.8, 4) is 5.75 Å². The van der Waals surface area contributed by atoms with Crippen molar-refractivity contribution >= 4 is 10.9 Å². The summed E-state index contributed by atoms with van der Waals surface area (Å²) in [6.45, 7) is 7.38. The lowest BCUT2D eigenvalue weighted by Crippen LogP contribution is -2.42. The molecule has 3 aromatic rings. The van der Waals surface area contributed by atoms with E-state index in [0.717, 1.165) is 16.7 Å². The van der Waals surface area contributed by atoms with E-state index in [4.69, 9.17) is 4.74 Å². The number of fused-ring (bicyclic) bond motifs is 1. The Balaban J connectivity index is 1.89. The molecule has 160 valence electrons. The van der Waals surface area contributed by atoms with Crippen LogP contribution in [0.3, 0.4) is 0 Å². The summed E-state index contributed by atoms with van der Waals surface area (Å²) in [6, 6.07) is 7.03. The molecule has 4 rings (SSSR count). The number of aromatic amines is 1. The van der Waals surface area contributed by atoms with Gasteiger partial charge in [-0.05, 0) is 68.3 Å².